The van der Waals surface area contributed by atoms with Gasteiger partial charge in [0.15, 0.2) is 0 Å². The number of H-pyrrole nitrogens is 1. The fraction of sp³-hybridized carbons (Fsp3) is 0.0769. The lowest BCUT2D eigenvalue weighted by Gasteiger charge is -2.01. The average molecular weight is 321 g/mol. The van der Waals surface area contributed by atoms with E-state index < -0.39 is 0 Å². The first-order valence-electron chi connectivity index (χ1n) is 5.39. The summed E-state index contributed by atoms with van der Waals surface area (Å²) < 4.78 is 0.999. The molecule has 0 saturated carbocycles. The van der Waals surface area contributed by atoms with Crippen LogP contribution in [0.2, 0.25) is 0 Å². The van der Waals surface area contributed by atoms with Gasteiger partial charge in [-0.3, -0.25) is 4.79 Å². The Morgan fingerprint density at radius 2 is 2.22 bits per heavy atom. The summed E-state index contributed by atoms with van der Waals surface area (Å²) in [5, 5.41) is 0.679. The monoisotopic (exact) mass is 320 g/mol. The molecular weight excluding hydrogens is 312 g/mol. The van der Waals surface area contributed by atoms with Gasteiger partial charge in [-0.15, -0.1) is 11.3 Å². The first kappa shape index (κ1) is 11.6. The molecule has 2 aromatic heterocycles. The van der Waals surface area contributed by atoms with Crippen molar-refractivity contribution in [3.8, 4) is 11.1 Å². The van der Waals surface area contributed by atoms with Crippen molar-refractivity contribution in [2.75, 3.05) is 0 Å². The topological polar surface area (TPSA) is 45.8 Å². The van der Waals surface area contributed by atoms with Crippen molar-refractivity contribution in [1.29, 1.82) is 0 Å². The number of nitrogens with zero attached hydrogens (tertiary/aromatic N) is 1. The Hall–Kier alpha value is -1.46. The maximum absolute atomic E-state index is 12.0. The summed E-state index contributed by atoms with van der Waals surface area (Å²) in [6.07, 6.45) is 1.45. The number of hydrogen-bond donors (Lipinski definition) is 1. The van der Waals surface area contributed by atoms with Gasteiger partial charge < -0.3 is 4.98 Å². The maximum atomic E-state index is 12.0. The minimum atomic E-state index is -0.0840. The minimum Gasteiger partial charge on any atom is -0.313 e. The quantitative estimate of drug-likeness (QED) is 0.742. The molecule has 3 nitrogen and oxygen atoms in total. The highest BCUT2D eigenvalue weighted by molar-refractivity contribution is 9.10. The lowest BCUT2D eigenvalue weighted by Crippen LogP contribution is -2.05. The molecule has 0 saturated heterocycles. The predicted molar refractivity (Wildman–Crippen MR) is 78.1 cm³/mol. The average Bonchev–Trinajstić information content (AvgIpc) is 2.67. The molecule has 0 aliphatic rings. The molecule has 0 aliphatic heterocycles. The van der Waals surface area contributed by atoms with Crippen LogP contribution in [0.4, 0.5) is 0 Å². The van der Waals surface area contributed by atoms with Crippen LogP contribution < -0.4 is 5.56 Å². The molecule has 0 amide bonds. The number of aromatic amines is 1. The van der Waals surface area contributed by atoms with Crippen molar-refractivity contribution < 1.29 is 0 Å². The Kier molecular flexibility index (Phi) is 2.80. The summed E-state index contributed by atoms with van der Waals surface area (Å²) in [6, 6.07) is 7.95. The maximum Gasteiger partial charge on any atom is 0.260 e. The third kappa shape index (κ3) is 1.79. The second-order valence-corrected chi connectivity index (χ2v) is 6.07. The standard InChI is InChI=1S/C13H9BrN2OS/c1-7-10(8-3-2-4-9(14)5-8)11-12(17)15-6-16-13(11)18-7/h2-6H,1H3,(H,15,16,17). The molecule has 1 aromatic carbocycles. The van der Waals surface area contributed by atoms with E-state index in [1.807, 2.05) is 31.2 Å². The van der Waals surface area contributed by atoms with E-state index in [-0.39, 0.29) is 5.56 Å². The Morgan fingerprint density at radius 3 is 3.00 bits per heavy atom. The number of thiophene rings is 1. The zero-order valence-corrected chi connectivity index (χ0v) is 11.9. The molecule has 3 rings (SSSR count). The zero-order valence-electron chi connectivity index (χ0n) is 9.53. The van der Waals surface area contributed by atoms with E-state index >= 15 is 0 Å². The molecule has 0 radical (unpaired) electrons. The van der Waals surface area contributed by atoms with Crippen LogP contribution >= 0.6 is 27.3 Å². The fourth-order valence-corrected chi connectivity index (χ4v) is 3.46. The van der Waals surface area contributed by atoms with E-state index in [0.29, 0.717) is 5.39 Å². The number of benzene rings is 1. The highest BCUT2D eigenvalue weighted by Crippen LogP contribution is 2.35. The number of fused-ring (bicyclic) bond motifs is 1. The molecule has 2 heterocycles. The highest BCUT2D eigenvalue weighted by atomic mass is 79.9. The smallest absolute Gasteiger partial charge is 0.260 e. The molecule has 0 unspecified atom stereocenters. The molecule has 1 N–H and O–H groups in total. The van der Waals surface area contributed by atoms with Gasteiger partial charge in [-0.05, 0) is 24.6 Å². The summed E-state index contributed by atoms with van der Waals surface area (Å²) in [5.41, 5.74) is 1.93. The minimum absolute atomic E-state index is 0.0840. The highest BCUT2D eigenvalue weighted by Gasteiger charge is 2.14. The van der Waals surface area contributed by atoms with Crippen LogP contribution in [0.25, 0.3) is 21.3 Å². The molecule has 18 heavy (non-hydrogen) atoms. The number of aryl methyl sites for hydroxylation is 1. The van der Waals surface area contributed by atoms with Gasteiger partial charge in [-0.1, -0.05) is 28.1 Å². The van der Waals surface area contributed by atoms with Crippen LogP contribution in [0, 0.1) is 6.92 Å². The van der Waals surface area contributed by atoms with Gasteiger partial charge in [0.05, 0.1) is 11.7 Å². The van der Waals surface area contributed by atoms with Crippen molar-refractivity contribution in [1.82, 2.24) is 9.97 Å². The first-order valence-corrected chi connectivity index (χ1v) is 7.00. The molecule has 5 heteroatoms. The lowest BCUT2D eigenvalue weighted by atomic mass is 10.0. The van der Waals surface area contributed by atoms with Crippen LogP contribution in [0.1, 0.15) is 4.88 Å². The van der Waals surface area contributed by atoms with Crippen molar-refractivity contribution in [3.63, 3.8) is 0 Å². The Balaban J connectivity index is 2.42. The van der Waals surface area contributed by atoms with E-state index in [1.54, 1.807) is 11.3 Å². The molecular formula is C13H9BrN2OS. The van der Waals surface area contributed by atoms with Crippen LogP contribution in [0.3, 0.4) is 0 Å². The van der Waals surface area contributed by atoms with Crippen molar-refractivity contribution in [3.05, 3.63) is 50.3 Å². The SMILES string of the molecule is Cc1sc2nc[nH]c(=O)c2c1-c1cccc(Br)c1. The van der Waals surface area contributed by atoms with Gasteiger partial charge in [0.1, 0.15) is 4.83 Å². The molecule has 90 valence electrons. The van der Waals surface area contributed by atoms with Crippen LogP contribution in [-0.2, 0) is 0 Å². The van der Waals surface area contributed by atoms with Crippen LogP contribution in [-0.4, -0.2) is 9.97 Å². The summed E-state index contributed by atoms with van der Waals surface area (Å²) in [6.45, 7) is 2.02. The Morgan fingerprint density at radius 1 is 1.39 bits per heavy atom. The number of rotatable bonds is 1. The van der Waals surface area contributed by atoms with Gasteiger partial charge in [0, 0.05) is 14.9 Å². The van der Waals surface area contributed by atoms with Crippen molar-refractivity contribution >= 4 is 37.5 Å². The lowest BCUT2D eigenvalue weighted by molar-refractivity contribution is 1.18. The summed E-state index contributed by atoms with van der Waals surface area (Å²) in [4.78, 5) is 20.7. The third-order valence-electron chi connectivity index (χ3n) is 2.78. The number of nitrogens with one attached hydrogen (secondary N) is 1. The molecule has 0 fully saturated rings. The normalized spacial score (nSPS) is 11.0. The molecule has 3 aromatic rings. The van der Waals surface area contributed by atoms with Crippen molar-refractivity contribution in [2.45, 2.75) is 6.92 Å². The molecule has 0 spiro atoms. The van der Waals surface area contributed by atoms with E-state index in [1.165, 1.54) is 6.33 Å². The van der Waals surface area contributed by atoms with Crippen LogP contribution in [0.5, 0.6) is 0 Å². The van der Waals surface area contributed by atoms with Crippen molar-refractivity contribution in [2.24, 2.45) is 0 Å². The van der Waals surface area contributed by atoms with Gasteiger partial charge in [0.2, 0.25) is 0 Å². The van der Waals surface area contributed by atoms with E-state index in [9.17, 15) is 4.79 Å². The Bertz CT molecular complexity index is 791. The summed E-state index contributed by atoms with van der Waals surface area (Å²) >= 11 is 5.00. The first-order chi connectivity index (χ1) is 8.66. The van der Waals surface area contributed by atoms with Gasteiger partial charge >= 0.3 is 0 Å². The fourth-order valence-electron chi connectivity index (χ4n) is 2.04. The van der Waals surface area contributed by atoms with E-state index in [4.69, 9.17) is 0 Å². The summed E-state index contributed by atoms with van der Waals surface area (Å²) in [7, 11) is 0. The van der Waals surface area contributed by atoms with Gasteiger partial charge in [-0.25, -0.2) is 4.98 Å². The molecule has 0 aliphatic carbocycles. The number of halogens is 1. The predicted octanol–water partition coefficient (Wildman–Crippen LogP) is 3.72. The second-order valence-electron chi connectivity index (χ2n) is 3.96. The largest absolute Gasteiger partial charge is 0.313 e. The van der Waals surface area contributed by atoms with E-state index in [2.05, 4.69) is 25.9 Å². The zero-order chi connectivity index (χ0) is 12.7. The van der Waals surface area contributed by atoms with E-state index in [0.717, 1.165) is 25.3 Å². The van der Waals surface area contributed by atoms with Gasteiger partial charge in [-0.2, -0.15) is 0 Å². The van der Waals surface area contributed by atoms with Gasteiger partial charge in [0.25, 0.3) is 5.56 Å². The number of aromatic nitrogens is 2. The molecule has 0 bridgehead atoms. The second kappa shape index (κ2) is 4.33. The summed E-state index contributed by atoms with van der Waals surface area (Å²) in [5.74, 6) is 0. The number of hydrogen-bond acceptors (Lipinski definition) is 3. The molecule has 0 atom stereocenters. The van der Waals surface area contributed by atoms with Crippen LogP contribution in [0.15, 0.2) is 39.9 Å². The Labute approximate surface area is 116 Å². The third-order valence-corrected chi connectivity index (χ3v) is 4.29.